The molecule has 2 N–H and O–H groups in total. The Bertz CT molecular complexity index is 690. The topological polar surface area (TPSA) is 74.8 Å². The molecular weight excluding hydrogens is 266 g/mol. The van der Waals surface area contributed by atoms with Crippen LogP contribution in [0.2, 0.25) is 0 Å². The van der Waals surface area contributed by atoms with Gasteiger partial charge in [0.1, 0.15) is 5.56 Å². The number of nitrogens with one attached hydrogen (secondary N) is 2. The van der Waals surface area contributed by atoms with Crippen molar-refractivity contribution in [2.24, 2.45) is 0 Å². The fourth-order valence-corrected chi connectivity index (χ4v) is 1.79. The van der Waals surface area contributed by atoms with Crippen LogP contribution in [-0.2, 0) is 0 Å². The molecule has 110 valence electrons. The molecule has 0 aliphatic heterocycles. The first-order valence-electron chi connectivity index (χ1n) is 6.90. The maximum Gasteiger partial charge on any atom is 0.261 e. The summed E-state index contributed by atoms with van der Waals surface area (Å²) in [6, 6.07) is 8.66. The number of nitrogens with zero attached hydrogens (tertiary/aromatic N) is 1. The quantitative estimate of drug-likeness (QED) is 0.905. The smallest absolute Gasteiger partial charge is 0.261 e. The van der Waals surface area contributed by atoms with E-state index in [1.165, 1.54) is 6.07 Å². The van der Waals surface area contributed by atoms with Crippen molar-refractivity contribution in [3.8, 4) is 11.4 Å². The second-order valence-electron chi connectivity index (χ2n) is 5.52. The third-order valence-electron chi connectivity index (χ3n) is 3.43. The molecule has 0 saturated carbocycles. The van der Waals surface area contributed by atoms with E-state index in [4.69, 9.17) is 0 Å². The molecule has 5 nitrogen and oxygen atoms in total. The zero-order valence-corrected chi connectivity index (χ0v) is 12.4. The number of rotatable bonds is 4. The molecule has 2 aromatic rings. The van der Waals surface area contributed by atoms with E-state index in [1.807, 2.05) is 26.8 Å². The van der Waals surface area contributed by atoms with Crippen molar-refractivity contribution in [3.05, 3.63) is 52.4 Å². The fraction of sp³-hybridized carbons (Fsp3) is 0.312. The highest BCUT2D eigenvalue weighted by molar-refractivity contribution is 5.94. The lowest BCUT2D eigenvalue weighted by atomic mass is 10.0. The largest absolute Gasteiger partial charge is 0.347 e. The Balaban J connectivity index is 2.28. The monoisotopic (exact) mass is 285 g/mol. The zero-order valence-electron chi connectivity index (χ0n) is 12.4. The maximum absolute atomic E-state index is 12.1. The Morgan fingerprint density at radius 1 is 1.29 bits per heavy atom. The summed E-state index contributed by atoms with van der Waals surface area (Å²) in [6.45, 7) is 5.82. The standard InChI is InChI=1S/C16H19N3O2/c1-4-16(2,3)19-15(21)11-8-9-13(18-14(11)20)12-7-5-6-10-17-12/h5-10H,4H2,1-3H3,(H,18,20)(H,19,21). The van der Waals surface area contributed by atoms with Gasteiger partial charge < -0.3 is 10.3 Å². The minimum absolute atomic E-state index is 0.108. The van der Waals surface area contributed by atoms with Crippen LogP contribution < -0.4 is 10.9 Å². The summed E-state index contributed by atoms with van der Waals surface area (Å²) < 4.78 is 0. The van der Waals surface area contributed by atoms with Gasteiger partial charge in [0.2, 0.25) is 0 Å². The number of hydrogen-bond acceptors (Lipinski definition) is 3. The van der Waals surface area contributed by atoms with E-state index < -0.39 is 5.56 Å². The zero-order chi connectivity index (χ0) is 15.5. The Hall–Kier alpha value is -2.43. The Morgan fingerprint density at radius 3 is 2.62 bits per heavy atom. The van der Waals surface area contributed by atoms with E-state index in [1.54, 1.807) is 24.4 Å². The summed E-state index contributed by atoms with van der Waals surface area (Å²) in [4.78, 5) is 31.1. The van der Waals surface area contributed by atoms with Crippen LogP contribution in [0.25, 0.3) is 11.4 Å². The third-order valence-corrected chi connectivity index (χ3v) is 3.43. The molecule has 2 aromatic heterocycles. The number of amides is 1. The minimum atomic E-state index is -0.414. The highest BCUT2D eigenvalue weighted by Crippen LogP contribution is 2.12. The van der Waals surface area contributed by atoms with Gasteiger partial charge in [0.25, 0.3) is 11.5 Å². The lowest BCUT2D eigenvalue weighted by molar-refractivity contribution is 0.0909. The molecule has 0 aromatic carbocycles. The average Bonchev–Trinajstić information content (AvgIpc) is 2.47. The molecule has 0 fully saturated rings. The van der Waals surface area contributed by atoms with Crippen molar-refractivity contribution in [1.82, 2.24) is 15.3 Å². The number of carbonyl (C=O) groups excluding carboxylic acids is 1. The van der Waals surface area contributed by atoms with Crippen molar-refractivity contribution in [3.63, 3.8) is 0 Å². The molecule has 0 spiro atoms. The SMILES string of the molecule is CCC(C)(C)NC(=O)c1ccc(-c2ccccn2)[nH]c1=O. The predicted molar refractivity (Wildman–Crippen MR) is 82.1 cm³/mol. The van der Waals surface area contributed by atoms with Crippen LogP contribution in [0.15, 0.2) is 41.3 Å². The van der Waals surface area contributed by atoms with Gasteiger partial charge in [-0.05, 0) is 44.5 Å². The third kappa shape index (κ3) is 3.56. The molecule has 1 amide bonds. The first kappa shape index (κ1) is 15.0. The molecule has 0 bridgehead atoms. The van der Waals surface area contributed by atoms with Gasteiger partial charge in [-0.3, -0.25) is 14.6 Å². The number of pyridine rings is 2. The van der Waals surface area contributed by atoms with Gasteiger partial charge in [-0.25, -0.2) is 0 Å². The summed E-state index contributed by atoms with van der Waals surface area (Å²) >= 11 is 0. The fourth-order valence-electron chi connectivity index (χ4n) is 1.79. The van der Waals surface area contributed by atoms with Gasteiger partial charge >= 0.3 is 0 Å². The molecule has 0 radical (unpaired) electrons. The van der Waals surface area contributed by atoms with E-state index >= 15 is 0 Å². The first-order valence-corrected chi connectivity index (χ1v) is 6.90. The molecule has 0 atom stereocenters. The van der Waals surface area contributed by atoms with Gasteiger partial charge in [0.15, 0.2) is 0 Å². The van der Waals surface area contributed by atoms with E-state index in [0.29, 0.717) is 11.4 Å². The number of aromatic nitrogens is 2. The Kier molecular flexibility index (Phi) is 4.21. The van der Waals surface area contributed by atoms with Gasteiger partial charge in [-0.2, -0.15) is 0 Å². The van der Waals surface area contributed by atoms with E-state index in [9.17, 15) is 9.59 Å². The van der Waals surface area contributed by atoms with E-state index in [2.05, 4.69) is 15.3 Å². The van der Waals surface area contributed by atoms with E-state index in [0.717, 1.165) is 6.42 Å². The lowest BCUT2D eigenvalue weighted by Crippen LogP contribution is -2.44. The first-order chi connectivity index (χ1) is 9.93. The second-order valence-corrected chi connectivity index (χ2v) is 5.52. The van der Waals surface area contributed by atoms with Crippen LogP contribution >= 0.6 is 0 Å². The molecule has 2 rings (SSSR count). The van der Waals surface area contributed by atoms with Gasteiger partial charge in [0.05, 0.1) is 11.4 Å². The molecule has 0 aliphatic rings. The van der Waals surface area contributed by atoms with Gasteiger partial charge in [-0.15, -0.1) is 0 Å². The normalized spacial score (nSPS) is 11.2. The second kappa shape index (κ2) is 5.91. The van der Waals surface area contributed by atoms with Crippen LogP contribution in [0.1, 0.15) is 37.6 Å². The Morgan fingerprint density at radius 2 is 2.05 bits per heavy atom. The number of aromatic amines is 1. The van der Waals surface area contributed by atoms with Gasteiger partial charge in [0, 0.05) is 11.7 Å². The summed E-state index contributed by atoms with van der Waals surface area (Å²) in [6.07, 6.45) is 2.43. The molecule has 5 heteroatoms. The minimum Gasteiger partial charge on any atom is -0.347 e. The summed E-state index contributed by atoms with van der Waals surface area (Å²) in [5.41, 5.74) is 0.601. The van der Waals surface area contributed by atoms with Crippen LogP contribution in [-0.4, -0.2) is 21.4 Å². The summed E-state index contributed by atoms with van der Waals surface area (Å²) in [5, 5.41) is 2.85. The van der Waals surface area contributed by atoms with Crippen molar-refractivity contribution in [2.45, 2.75) is 32.7 Å². The lowest BCUT2D eigenvalue weighted by Gasteiger charge is -2.24. The number of carbonyl (C=O) groups is 1. The van der Waals surface area contributed by atoms with Crippen molar-refractivity contribution in [2.75, 3.05) is 0 Å². The predicted octanol–water partition coefficient (Wildman–Crippen LogP) is 2.36. The van der Waals surface area contributed by atoms with E-state index in [-0.39, 0.29) is 17.0 Å². The number of H-pyrrole nitrogens is 1. The molecule has 0 saturated heterocycles. The van der Waals surface area contributed by atoms with Crippen molar-refractivity contribution < 1.29 is 4.79 Å². The molecule has 0 unspecified atom stereocenters. The van der Waals surface area contributed by atoms with Crippen molar-refractivity contribution in [1.29, 1.82) is 0 Å². The maximum atomic E-state index is 12.1. The van der Waals surface area contributed by atoms with Gasteiger partial charge in [-0.1, -0.05) is 13.0 Å². The number of hydrogen-bond donors (Lipinski definition) is 2. The summed E-state index contributed by atoms with van der Waals surface area (Å²) in [7, 11) is 0. The van der Waals surface area contributed by atoms with Crippen LogP contribution in [0.3, 0.4) is 0 Å². The molecule has 21 heavy (non-hydrogen) atoms. The highest BCUT2D eigenvalue weighted by atomic mass is 16.2. The highest BCUT2D eigenvalue weighted by Gasteiger charge is 2.20. The van der Waals surface area contributed by atoms with Crippen LogP contribution in [0, 0.1) is 0 Å². The molecule has 2 heterocycles. The van der Waals surface area contributed by atoms with Crippen molar-refractivity contribution >= 4 is 5.91 Å². The Labute approximate surface area is 123 Å². The van der Waals surface area contributed by atoms with Crippen LogP contribution in [0.5, 0.6) is 0 Å². The summed E-state index contributed by atoms with van der Waals surface area (Å²) in [5.74, 6) is -0.365. The molecular formula is C16H19N3O2. The molecule has 0 aliphatic carbocycles. The average molecular weight is 285 g/mol. The van der Waals surface area contributed by atoms with Crippen LogP contribution in [0.4, 0.5) is 0 Å².